The summed E-state index contributed by atoms with van der Waals surface area (Å²) in [5, 5.41) is 2.82. The lowest BCUT2D eigenvalue weighted by atomic mass is 10.1. The first-order chi connectivity index (χ1) is 16.1. The maximum absolute atomic E-state index is 14.0. The van der Waals surface area contributed by atoms with Crippen molar-refractivity contribution in [1.82, 2.24) is 9.47 Å². The molecular formula is C26H26FN3O2S. The average Bonchev–Trinajstić information content (AvgIpc) is 3.30. The molecule has 1 N–H and O–H groups in total. The Labute approximate surface area is 195 Å². The largest absolute Gasteiger partial charge is 0.321 e. The molecular weight excluding hydrogens is 437 g/mol. The zero-order valence-corrected chi connectivity index (χ0v) is 19.2. The third-order valence-corrected chi connectivity index (χ3v) is 7.38. The Hall–Kier alpha value is -3.03. The summed E-state index contributed by atoms with van der Waals surface area (Å²) in [6.07, 6.45) is 6.41. The van der Waals surface area contributed by atoms with Crippen LogP contribution in [0.4, 0.5) is 10.1 Å². The number of amides is 1. The highest BCUT2D eigenvalue weighted by atomic mass is 32.1. The standard InChI is InChI=1S/C26H26FN3O2S/c27-19-10-11-21-20(17-19)23(24(31)28-21)26-30(15-7-14-29-12-5-2-6-13-29)25(32)22(33-26)16-18-8-3-1-4-9-18/h1,3-4,8-11,16-17H,2,5-7,12-15H2,(H,28,31)/b22-16+,26-23+. The Morgan fingerprint density at radius 3 is 2.58 bits per heavy atom. The second kappa shape index (κ2) is 9.45. The van der Waals surface area contributed by atoms with Gasteiger partial charge in [0.2, 0.25) is 0 Å². The van der Waals surface area contributed by atoms with Gasteiger partial charge in [0.15, 0.2) is 0 Å². The van der Waals surface area contributed by atoms with Crippen molar-refractivity contribution in [2.75, 3.05) is 25.0 Å². The van der Waals surface area contributed by atoms with Gasteiger partial charge in [0.1, 0.15) is 10.5 Å². The van der Waals surface area contributed by atoms with Crippen LogP contribution in [0.15, 0.2) is 53.3 Å². The van der Waals surface area contributed by atoms with E-state index in [-0.39, 0.29) is 11.5 Å². The highest BCUT2D eigenvalue weighted by molar-refractivity contribution is 7.07. The van der Waals surface area contributed by atoms with Crippen LogP contribution in [0.3, 0.4) is 0 Å². The van der Waals surface area contributed by atoms with Crippen molar-refractivity contribution in [3.63, 3.8) is 0 Å². The molecule has 0 unspecified atom stereocenters. The van der Waals surface area contributed by atoms with Gasteiger partial charge >= 0.3 is 0 Å². The van der Waals surface area contributed by atoms with E-state index < -0.39 is 5.82 Å². The minimum atomic E-state index is -0.408. The number of benzene rings is 2. The van der Waals surface area contributed by atoms with Crippen molar-refractivity contribution in [3.05, 3.63) is 85.0 Å². The van der Waals surface area contributed by atoms with Crippen LogP contribution < -0.4 is 20.1 Å². The van der Waals surface area contributed by atoms with Gasteiger partial charge in [0, 0.05) is 17.8 Å². The van der Waals surface area contributed by atoms with Gasteiger partial charge in [-0.3, -0.25) is 14.2 Å². The van der Waals surface area contributed by atoms with E-state index in [4.69, 9.17) is 0 Å². The molecule has 1 amide bonds. The first-order valence-corrected chi connectivity index (χ1v) is 12.3. The third-order valence-electron chi connectivity index (χ3n) is 6.25. The van der Waals surface area contributed by atoms with Crippen LogP contribution in [0.1, 0.15) is 36.8 Å². The summed E-state index contributed by atoms with van der Waals surface area (Å²) in [4.78, 5) is 28.8. The molecule has 1 fully saturated rings. The van der Waals surface area contributed by atoms with Crippen LogP contribution in [0, 0.1) is 5.82 Å². The van der Waals surface area contributed by atoms with Crippen molar-refractivity contribution in [2.24, 2.45) is 0 Å². The molecule has 33 heavy (non-hydrogen) atoms. The third kappa shape index (κ3) is 4.56. The number of carbonyl (C=O) groups excluding carboxylic acids is 1. The molecule has 1 saturated heterocycles. The van der Waals surface area contributed by atoms with E-state index in [9.17, 15) is 14.0 Å². The van der Waals surface area contributed by atoms with E-state index in [1.807, 2.05) is 36.4 Å². The minimum absolute atomic E-state index is 0.109. The normalized spacial score (nSPS) is 18.5. The van der Waals surface area contributed by atoms with Crippen LogP contribution in [0.5, 0.6) is 0 Å². The Morgan fingerprint density at radius 1 is 1.00 bits per heavy atom. The number of nitrogens with one attached hydrogen (secondary N) is 1. The number of fused-ring (bicyclic) bond motifs is 1. The zero-order chi connectivity index (χ0) is 22.8. The van der Waals surface area contributed by atoms with E-state index in [1.54, 1.807) is 10.6 Å². The van der Waals surface area contributed by atoms with E-state index in [1.165, 1.54) is 42.7 Å². The quantitative estimate of drug-likeness (QED) is 0.633. The highest BCUT2D eigenvalue weighted by Gasteiger charge is 2.27. The second-order valence-electron chi connectivity index (χ2n) is 8.56. The number of anilines is 1. The number of nitrogens with zero attached hydrogens (tertiary/aromatic N) is 2. The number of halogens is 1. The molecule has 0 atom stereocenters. The van der Waals surface area contributed by atoms with Crippen LogP contribution >= 0.6 is 11.3 Å². The summed E-state index contributed by atoms with van der Waals surface area (Å²) < 4.78 is 16.9. The van der Waals surface area contributed by atoms with Gasteiger partial charge in [-0.2, -0.15) is 0 Å². The number of piperidine rings is 1. The number of hydrogen-bond acceptors (Lipinski definition) is 4. The summed E-state index contributed by atoms with van der Waals surface area (Å²) in [5.41, 5.74) is 2.28. The minimum Gasteiger partial charge on any atom is -0.321 e. The Morgan fingerprint density at radius 2 is 1.79 bits per heavy atom. The summed E-state index contributed by atoms with van der Waals surface area (Å²) >= 11 is 1.30. The first-order valence-electron chi connectivity index (χ1n) is 11.4. The fourth-order valence-corrected chi connectivity index (χ4v) is 5.79. The number of carbonyl (C=O) groups is 1. The SMILES string of the molecule is O=C1Nc2ccc(F)cc2/C1=c1\s/c(=C/c2ccccc2)c(=O)n1CCCN1CCCCC1. The predicted molar refractivity (Wildman–Crippen MR) is 130 cm³/mol. The van der Waals surface area contributed by atoms with Gasteiger partial charge in [0.25, 0.3) is 11.5 Å². The molecule has 170 valence electrons. The van der Waals surface area contributed by atoms with E-state index in [0.717, 1.165) is 31.6 Å². The number of aromatic nitrogens is 1. The molecule has 2 aromatic carbocycles. The van der Waals surface area contributed by atoms with Gasteiger partial charge in [-0.05, 0) is 68.7 Å². The topological polar surface area (TPSA) is 54.3 Å². The van der Waals surface area contributed by atoms with E-state index in [0.29, 0.717) is 32.6 Å². The Bertz CT molecular complexity index is 1350. The second-order valence-corrected chi connectivity index (χ2v) is 9.59. The lowest BCUT2D eigenvalue weighted by Gasteiger charge is -2.26. The number of likely N-dealkylation sites (tertiary alicyclic amines) is 1. The Balaban J connectivity index is 1.61. The molecule has 2 aliphatic rings. The summed E-state index contributed by atoms with van der Waals surface area (Å²) in [6, 6.07) is 13.9. The molecule has 3 aromatic rings. The number of thiazole rings is 1. The molecule has 0 saturated carbocycles. The fraction of sp³-hybridized carbons (Fsp3) is 0.308. The molecule has 3 heterocycles. The lowest BCUT2D eigenvalue weighted by Crippen LogP contribution is -2.35. The molecule has 0 aliphatic carbocycles. The van der Waals surface area contributed by atoms with Gasteiger partial charge in [-0.1, -0.05) is 36.8 Å². The van der Waals surface area contributed by atoms with Crippen molar-refractivity contribution in [2.45, 2.75) is 32.2 Å². The smallest absolute Gasteiger partial charge is 0.269 e. The van der Waals surface area contributed by atoms with Crippen molar-refractivity contribution in [3.8, 4) is 0 Å². The Kier molecular flexibility index (Phi) is 6.24. The average molecular weight is 464 g/mol. The first kappa shape index (κ1) is 21.8. The highest BCUT2D eigenvalue weighted by Crippen LogP contribution is 2.30. The summed E-state index contributed by atoms with van der Waals surface area (Å²) in [5.74, 6) is -0.706. The maximum atomic E-state index is 14.0. The van der Waals surface area contributed by atoms with Gasteiger partial charge < -0.3 is 10.2 Å². The number of rotatable bonds is 5. The van der Waals surface area contributed by atoms with Crippen LogP contribution in [-0.2, 0) is 11.3 Å². The van der Waals surface area contributed by atoms with Gasteiger partial charge in [-0.15, -0.1) is 11.3 Å². The monoisotopic (exact) mass is 463 g/mol. The van der Waals surface area contributed by atoms with Crippen molar-refractivity contribution >= 4 is 34.6 Å². The molecule has 2 aliphatic heterocycles. The van der Waals surface area contributed by atoms with Crippen molar-refractivity contribution in [1.29, 1.82) is 0 Å². The van der Waals surface area contributed by atoms with Crippen LogP contribution in [-0.4, -0.2) is 35.0 Å². The molecule has 7 heteroatoms. The zero-order valence-electron chi connectivity index (χ0n) is 18.4. The van der Waals surface area contributed by atoms with Crippen LogP contribution in [0.25, 0.3) is 11.6 Å². The van der Waals surface area contributed by atoms with E-state index >= 15 is 0 Å². The van der Waals surface area contributed by atoms with Crippen molar-refractivity contribution < 1.29 is 9.18 Å². The molecule has 5 nitrogen and oxygen atoms in total. The molecule has 0 radical (unpaired) electrons. The van der Waals surface area contributed by atoms with Crippen LogP contribution in [0.2, 0.25) is 0 Å². The van der Waals surface area contributed by atoms with E-state index in [2.05, 4.69) is 10.2 Å². The summed E-state index contributed by atoms with van der Waals surface area (Å²) in [7, 11) is 0. The molecule has 0 spiro atoms. The fourth-order valence-electron chi connectivity index (χ4n) is 4.60. The molecule has 5 rings (SSSR count). The van der Waals surface area contributed by atoms with Gasteiger partial charge in [0.05, 0.1) is 10.1 Å². The molecule has 1 aromatic heterocycles. The lowest BCUT2D eigenvalue weighted by molar-refractivity contribution is -0.110. The maximum Gasteiger partial charge on any atom is 0.269 e. The molecule has 0 bridgehead atoms. The summed E-state index contributed by atoms with van der Waals surface area (Å²) in [6.45, 7) is 3.65. The predicted octanol–water partition coefficient (Wildman–Crippen LogP) is 2.90. The van der Waals surface area contributed by atoms with Gasteiger partial charge in [-0.25, -0.2) is 4.39 Å². The number of hydrogen-bond donors (Lipinski definition) is 1.